The van der Waals surface area contributed by atoms with Crippen molar-refractivity contribution in [3.05, 3.63) is 253 Å². The van der Waals surface area contributed by atoms with E-state index in [-0.39, 0.29) is 0 Å². The highest BCUT2D eigenvalue weighted by Crippen LogP contribution is 2.43. The maximum Gasteiger partial charge on any atom is 0.159 e. The summed E-state index contributed by atoms with van der Waals surface area (Å²) in [5, 5.41) is 8.01. The van der Waals surface area contributed by atoms with Crippen LogP contribution in [-0.2, 0) is 0 Å². The van der Waals surface area contributed by atoms with Crippen LogP contribution in [0, 0.1) is 0 Å². The Labute approximate surface area is 393 Å². The SMILES string of the molecule is c1ccc(C2=NC(c3ccc(-c4ccc(-c5ccccc5-c5cccc6c5oc5c(-c7ccccc7)cccc56)cc4)cc3)=NC(c3cccc4oc5ccc(-c6ccccc6)cc5c34)N2)cc1. The largest absolute Gasteiger partial charge is 0.456 e. The summed E-state index contributed by atoms with van der Waals surface area (Å²) in [6.45, 7) is 0. The highest BCUT2D eigenvalue weighted by Gasteiger charge is 2.25. The molecule has 13 rings (SSSR count). The third-order valence-electron chi connectivity index (χ3n) is 13.2. The summed E-state index contributed by atoms with van der Waals surface area (Å²) in [5.41, 5.74) is 17.6. The van der Waals surface area contributed by atoms with E-state index in [0.717, 1.165) is 122 Å². The zero-order valence-corrected chi connectivity index (χ0v) is 36.8. The monoisotopic (exact) mass is 871 g/mol. The maximum absolute atomic E-state index is 6.82. The molecule has 1 aliphatic heterocycles. The van der Waals surface area contributed by atoms with E-state index in [2.05, 4.69) is 199 Å². The van der Waals surface area contributed by atoms with Gasteiger partial charge in [-0.05, 0) is 62.7 Å². The van der Waals surface area contributed by atoms with E-state index in [9.17, 15) is 0 Å². The molecule has 0 radical (unpaired) electrons. The lowest BCUT2D eigenvalue weighted by Gasteiger charge is -2.24. The van der Waals surface area contributed by atoms with E-state index in [4.69, 9.17) is 18.8 Å². The first kappa shape index (κ1) is 39.3. The van der Waals surface area contributed by atoms with Crippen molar-refractivity contribution in [2.75, 3.05) is 0 Å². The predicted molar refractivity (Wildman–Crippen MR) is 280 cm³/mol. The number of para-hydroxylation sites is 2. The minimum absolute atomic E-state index is 0.414. The molecule has 10 aromatic carbocycles. The third-order valence-corrected chi connectivity index (χ3v) is 13.2. The summed E-state index contributed by atoms with van der Waals surface area (Å²) in [6.07, 6.45) is -0.414. The van der Waals surface area contributed by atoms with Crippen LogP contribution in [0.3, 0.4) is 0 Å². The number of nitrogens with zero attached hydrogens (tertiary/aromatic N) is 2. The second-order valence-corrected chi connectivity index (χ2v) is 17.3. The Bertz CT molecular complexity index is 3910. The molecule has 0 amide bonds. The number of aliphatic imine (C=N–C) groups is 2. The van der Waals surface area contributed by atoms with Crippen LogP contribution >= 0.6 is 0 Å². The summed E-state index contributed by atoms with van der Waals surface area (Å²) in [4.78, 5) is 10.5. The van der Waals surface area contributed by atoms with Crippen LogP contribution in [0.15, 0.2) is 255 Å². The third kappa shape index (κ3) is 6.88. The van der Waals surface area contributed by atoms with Crippen LogP contribution in [0.1, 0.15) is 22.9 Å². The van der Waals surface area contributed by atoms with Crippen molar-refractivity contribution in [2.24, 2.45) is 9.98 Å². The fourth-order valence-electron chi connectivity index (χ4n) is 9.87. The van der Waals surface area contributed by atoms with Crippen molar-refractivity contribution in [2.45, 2.75) is 6.17 Å². The molecule has 0 saturated heterocycles. The Morgan fingerprint density at radius 1 is 0.338 bits per heavy atom. The topological polar surface area (TPSA) is 63.0 Å². The highest BCUT2D eigenvalue weighted by atomic mass is 16.3. The summed E-state index contributed by atoms with van der Waals surface area (Å²) in [6, 6.07) is 82.8. The molecule has 5 nitrogen and oxygen atoms in total. The van der Waals surface area contributed by atoms with Crippen LogP contribution in [-0.4, -0.2) is 11.7 Å². The molecule has 0 saturated carbocycles. The number of furan rings is 2. The van der Waals surface area contributed by atoms with E-state index < -0.39 is 6.17 Å². The molecule has 12 aromatic rings. The van der Waals surface area contributed by atoms with Gasteiger partial charge in [0.2, 0.25) is 0 Å². The van der Waals surface area contributed by atoms with E-state index >= 15 is 0 Å². The number of rotatable bonds is 8. The van der Waals surface area contributed by atoms with Gasteiger partial charge in [0, 0.05) is 49.4 Å². The molecule has 1 atom stereocenters. The molecule has 0 spiro atoms. The zero-order chi connectivity index (χ0) is 45.0. The van der Waals surface area contributed by atoms with Gasteiger partial charge in [-0.3, -0.25) is 0 Å². The van der Waals surface area contributed by atoms with Gasteiger partial charge in [-0.2, -0.15) is 0 Å². The van der Waals surface area contributed by atoms with Gasteiger partial charge in [0.15, 0.2) is 5.84 Å². The molecule has 5 heteroatoms. The van der Waals surface area contributed by atoms with Crippen molar-refractivity contribution in [3.8, 4) is 55.6 Å². The minimum atomic E-state index is -0.414. The Morgan fingerprint density at radius 2 is 0.853 bits per heavy atom. The first-order valence-corrected chi connectivity index (χ1v) is 23.0. The van der Waals surface area contributed by atoms with Crippen LogP contribution in [0.2, 0.25) is 0 Å². The van der Waals surface area contributed by atoms with Gasteiger partial charge in [0.05, 0.1) is 0 Å². The molecule has 68 heavy (non-hydrogen) atoms. The van der Waals surface area contributed by atoms with Crippen molar-refractivity contribution >= 4 is 55.5 Å². The summed E-state index contributed by atoms with van der Waals surface area (Å²) in [7, 11) is 0. The van der Waals surface area contributed by atoms with E-state index in [1.165, 1.54) is 0 Å². The number of hydrogen-bond acceptors (Lipinski definition) is 5. The molecular formula is C63H41N3O2. The Kier molecular flexibility index (Phi) is 9.50. The fraction of sp³-hybridized carbons (Fsp3) is 0.0159. The lowest BCUT2D eigenvalue weighted by Crippen LogP contribution is -2.33. The first-order chi connectivity index (χ1) is 33.7. The fourth-order valence-corrected chi connectivity index (χ4v) is 9.87. The van der Waals surface area contributed by atoms with Gasteiger partial charge in [-0.1, -0.05) is 218 Å². The molecule has 1 aliphatic rings. The molecule has 0 aliphatic carbocycles. The summed E-state index contributed by atoms with van der Waals surface area (Å²) >= 11 is 0. The average molecular weight is 872 g/mol. The molecular weight excluding hydrogens is 831 g/mol. The number of benzene rings is 10. The van der Waals surface area contributed by atoms with E-state index in [1.807, 2.05) is 42.5 Å². The highest BCUT2D eigenvalue weighted by molar-refractivity contribution is 6.15. The molecule has 0 bridgehead atoms. The van der Waals surface area contributed by atoms with E-state index in [0.29, 0.717) is 5.84 Å². The lowest BCUT2D eigenvalue weighted by molar-refractivity contribution is 0.662. The molecule has 3 heterocycles. The Hall–Kier alpha value is -9.06. The summed E-state index contributed by atoms with van der Waals surface area (Å²) in [5.74, 6) is 1.43. The van der Waals surface area contributed by atoms with Crippen LogP contribution < -0.4 is 5.32 Å². The van der Waals surface area contributed by atoms with Crippen LogP contribution in [0.25, 0.3) is 99.5 Å². The Balaban J connectivity index is 0.833. The smallest absolute Gasteiger partial charge is 0.159 e. The van der Waals surface area contributed by atoms with Crippen molar-refractivity contribution < 1.29 is 8.83 Å². The van der Waals surface area contributed by atoms with Gasteiger partial charge in [0.25, 0.3) is 0 Å². The van der Waals surface area contributed by atoms with Gasteiger partial charge in [-0.25, -0.2) is 9.98 Å². The average Bonchev–Trinajstić information content (AvgIpc) is 4.00. The summed E-state index contributed by atoms with van der Waals surface area (Å²) < 4.78 is 13.3. The van der Waals surface area contributed by atoms with Gasteiger partial charge in [0.1, 0.15) is 34.3 Å². The molecule has 1 unspecified atom stereocenters. The molecule has 2 aromatic heterocycles. The van der Waals surface area contributed by atoms with Crippen molar-refractivity contribution in [1.29, 1.82) is 0 Å². The van der Waals surface area contributed by atoms with E-state index in [1.54, 1.807) is 0 Å². The zero-order valence-electron chi connectivity index (χ0n) is 36.8. The molecule has 1 N–H and O–H groups in total. The number of amidine groups is 2. The second-order valence-electron chi connectivity index (χ2n) is 17.3. The van der Waals surface area contributed by atoms with Gasteiger partial charge in [-0.15, -0.1) is 0 Å². The predicted octanol–water partition coefficient (Wildman–Crippen LogP) is 16.3. The minimum Gasteiger partial charge on any atom is -0.456 e. The van der Waals surface area contributed by atoms with Crippen molar-refractivity contribution in [3.63, 3.8) is 0 Å². The standard InChI is InChI=1S/C63H41N3O2/c1-4-15-40(16-5-1)47-37-38-56-55(39-47)58-54(27-14-28-57(58)67-56)63-65-61(45-19-8-3-9-20-45)64-62(66-63)46-35-31-42(32-36-46)41-29-33-44(34-30-41)48-21-10-11-22-50(48)51-24-13-26-53-52-25-12-23-49(59(52)68-60(51)53)43-17-6-2-7-18-43/h1-39,63H,(H,64,65,66). The number of nitrogens with one attached hydrogen (secondary N) is 1. The lowest BCUT2D eigenvalue weighted by atomic mass is 9.92. The van der Waals surface area contributed by atoms with Gasteiger partial charge >= 0.3 is 0 Å². The Morgan fingerprint density at radius 3 is 1.56 bits per heavy atom. The quantitative estimate of drug-likeness (QED) is 0.165. The maximum atomic E-state index is 6.82. The van der Waals surface area contributed by atoms with Crippen LogP contribution in [0.4, 0.5) is 0 Å². The first-order valence-electron chi connectivity index (χ1n) is 23.0. The normalized spacial score (nSPS) is 13.7. The van der Waals surface area contributed by atoms with Gasteiger partial charge < -0.3 is 14.2 Å². The van der Waals surface area contributed by atoms with Crippen LogP contribution in [0.5, 0.6) is 0 Å². The second kappa shape index (κ2) is 16.4. The molecule has 320 valence electrons. The van der Waals surface area contributed by atoms with Crippen molar-refractivity contribution in [1.82, 2.24) is 5.32 Å². The number of fused-ring (bicyclic) bond motifs is 6. The molecule has 0 fully saturated rings. The number of hydrogen-bond donors (Lipinski definition) is 1.